The molecule has 1 N–H and O–H groups in total. The van der Waals surface area contributed by atoms with Gasteiger partial charge in [0.15, 0.2) is 0 Å². The maximum atomic E-state index is 10.7. The molecule has 0 aliphatic carbocycles. The van der Waals surface area contributed by atoms with Gasteiger partial charge in [-0.1, -0.05) is 22.9 Å². The number of hydrogen-bond donors (Lipinski definition) is 1. The smallest absolute Gasteiger partial charge is 0.309 e. The fraction of sp³-hybridized carbons (Fsp3) is 0.250. The first-order valence-corrected chi connectivity index (χ1v) is 5.77. The highest BCUT2D eigenvalue weighted by Gasteiger charge is 2.14. The molecule has 0 saturated heterocycles. The average molecular weight is 266 g/mol. The van der Waals surface area contributed by atoms with Crippen molar-refractivity contribution in [3.8, 4) is 5.69 Å². The monoisotopic (exact) mass is 265 g/mol. The number of rotatable bonds is 3. The van der Waals surface area contributed by atoms with Crippen molar-refractivity contribution in [1.82, 2.24) is 15.0 Å². The highest BCUT2D eigenvalue weighted by molar-refractivity contribution is 6.31. The zero-order chi connectivity index (χ0) is 13.3. The Hall–Kier alpha value is -1.88. The second-order valence-electron chi connectivity index (χ2n) is 3.99. The standard InChI is InChI=1S/C12H12ClN3O2/c1-7-9(13)4-3-5-11(7)16-8(2)10(14-15-16)6-12(17)18/h3-5H,6H2,1-2H3,(H,17,18). The number of halogens is 1. The molecule has 0 fully saturated rings. The van der Waals surface area contributed by atoms with E-state index in [4.69, 9.17) is 16.7 Å². The van der Waals surface area contributed by atoms with Crippen molar-refractivity contribution in [3.63, 3.8) is 0 Å². The summed E-state index contributed by atoms with van der Waals surface area (Å²) in [4.78, 5) is 10.7. The minimum absolute atomic E-state index is 0.133. The van der Waals surface area contributed by atoms with Crippen molar-refractivity contribution < 1.29 is 9.90 Å². The predicted molar refractivity (Wildman–Crippen MR) is 67.2 cm³/mol. The van der Waals surface area contributed by atoms with Gasteiger partial charge >= 0.3 is 5.97 Å². The molecule has 0 unspecified atom stereocenters. The molecule has 0 aliphatic rings. The van der Waals surface area contributed by atoms with E-state index in [0.29, 0.717) is 16.4 Å². The predicted octanol–water partition coefficient (Wildman–Crippen LogP) is 2.16. The van der Waals surface area contributed by atoms with Crippen molar-refractivity contribution in [1.29, 1.82) is 0 Å². The minimum atomic E-state index is -0.923. The van der Waals surface area contributed by atoms with E-state index in [1.54, 1.807) is 17.7 Å². The molecule has 1 heterocycles. The Kier molecular flexibility index (Phi) is 3.34. The summed E-state index contributed by atoms with van der Waals surface area (Å²) in [5.41, 5.74) is 2.86. The van der Waals surface area contributed by atoms with Crippen LogP contribution in [0, 0.1) is 13.8 Å². The number of benzene rings is 1. The van der Waals surface area contributed by atoms with Crippen LogP contribution in [-0.4, -0.2) is 26.1 Å². The second kappa shape index (κ2) is 4.78. The number of carboxylic acids is 1. The largest absolute Gasteiger partial charge is 0.481 e. The fourth-order valence-electron chi connectivity index (χ4n) is 1.72. The van der Waals surface area contributed by atoms with Crippen LogP contribution in [0.5, 0.6) is 0 Å². The van der Waals surface area contributed by atoms with Crippen LogP contribution in [0.2, 0.25) is 5.02 Å². The summed E-state index contributed by atoms with van der Waals surface area (Å²) in [6, 6.07) is 5.49. The Morgan fingerprint density at radius 3 is 2.83 bits per heavy atom. The van der Waals surface area contributed by atoms with Crippen LogP contribution in [0.4, 0.5) is 0 Å². The first kappa shape index (κ1) is 12.6. The van der Waals surface area contributed by atoms with Gasteiger partial charge in [-0.2, -0.15) is 0 Å². The average Bonchev–Trinajstić information content (AvgIpc) is 2.64. The summed E-state index contributed by atoms with van der Waals surface area (Å²) in [5.74, 6) is -0.923. The Balaban J connectivity index is 2.49. The number of hydrogen-bond acceptors (Lipinski definition) is 3. The third kappa shape index (κ3) is 2.22. The van der Waals surface area contributed by atoms with Crippen LogP contribution in [0.15, 0.2) is 18.2 Å². The van der Waals surface area contributed by atoms with E-state index >= 15 is 0 Å². The van der Waals surface area contributed by atoms with Gasteiger partial charge in [-0.05, 0) is 31.5 Å². The van der Waals surface area contributed by atoms with E-state index < -0.39 is 5.97 Å². The van der Waals surface area contributed by atoms with Gasteiger partial charge in [0.2, 0.25) is 0 Å². The lowest BCUT2D eigenvalue weighted by molar-refractivity contribution is -0.136. The minimum Gasteiger partial charge on any atom is -0.481 e. The quantitative estimate of drug-likeness (QED) is 0.923. The molecule has 0 amide bonds. The SMILES string of the molecule is Cc1c(Cl)cccc1-n1nnc(CC(=O)O)c1C. The van der Waals surface area contributed by atoms with Crippen molar-refractivity contribution in [3.05, 3.63) is 40.2 Å². The summed E-state index contributed by atoms with van der Waals surface area (Å²) in [6.07, 6.45) is -0.133. The highest BCUT2D eigenvalue weighted by atomic mass is 35.5. The first-order valence-electron chi connectivity index (χ1n) is 5.39. The molecule has 0 radical (unpaired) electrons. The van der Waals surface area contributed by atoms with Gasteiger partial charge in [0.1, 0.15) is 0 Å². The lowest BCUT2D eigenvalue weighted by atomic mass is 10.2. The highest BCUT2D eigenvalue weighted by Crippen LogP contribution is 2.23. The summed E-state index contributed by atoms with van der Waals surface area (Å²) < 4.78 is 1.61. The van der Waals surface area contributed by atoms with Crippen LogP contribution < -0.4 is 0 Å². The molecule has 0 atom stereocenters. The van der Waals surface area contributed by atoms with Crippen molar-refractivity contribution in [2.75, 3.05) is 0 Å². The van der Waals surface area contributed by atoms with Gasteiger partial charge in [-0.3, -0.25) is 4.79 Å². The Labute approximate surface area is 109 Å². The molecule has 18 heavy (non-hydrogen) atoms. The molecule has 2 rings (SSSR count). The van der Waals surface area contributed by atoms with E-state index in [-0.39, 0.29) is 6.42 Å². The topological polar surface area (TPSA) is 68.0 Å². The molecule has 6 heteroatoms. The number of carbonyl (C=O) groups is 1. The molecule has 1 aromatic heterocycles. The molecule has 0 saturated carbocycles. The number of carboxylic acid groups (broad SMARTS) is 1. The van der Waals surface area contributed by atoms with E-state index in [1.165, 1.54) is 0 Å². The van der Waals surface area contributed by atoms with Crippen LogP contribution in [0.25, 0.3) is 5.69 Å². The van der Waals surface area contributed by atoms with Gasteiger partial charge in [0, 0.05) is 5.02 Å². The van der Waals surface area contributed by atoms with E-state index in [1.807, 2.05) is 19.1 Å². The van der Waals surface area contributed by atoms with Gasteiger partial charge < -0.3 is 5.11 Å². The fourth-order valence-corrected chi connectivity index (χ4v) is 1.89. The van der Waals surface area contributed by atoms with E-state index in [2.05, 4.69) is 10.3 Å². The van der Waals surface area contributed by atoms with Crippen LogP contribution in [0.1, 0.15) is 17.0 Å². The number of nitrogens with zero attached hydrogens (tertiary/aromatic N) is 3. The zero-order valence-electron chi connectivity index (χ0n) is 10.0. The second-order valence-corrected chi connectivity index (χ2v) is 4.40. The normalized spacial score (nSPS) is 10.6. The first-order chi connectivity index (χ1) is 8.50. The Bertz CT molecular complexity index is 607. The molecule has 94 valence electrons. The van der Waals surface area contributed by atoms with Crippen molar-refractivity contribution >= 4 is 17.6 Å². The van der Waals surface area contributed by atoms with Gasteiger partial charge in [-0.25, -0.2) is 4.68 Å². The van der Waals surface area contributed by atoms with Crippen molar-refractivity contribution in [2.45, 2.75) is 20.3 Å². The molecular formula is C12H12ClN3O2. The van der Waals surface area contributed by atoms with Gasteiger partial charge in [0.05, 0.1) is 23.5 Å². The van der Waals surface area contributed by atoms with Crippen LogP contribution in [-0.2, 0) is 11.2 Å². The molecule has 0 aliphatic heterocycles. The summed E-state index contributed by atoms with van der Waals surface area (Å²) in [7, 11) is 0. The molecule has 0 spiro atoms. The third-order valence-corrected chi connectivity index (χ3v) is 3.19. The Morgan fingerprint density at radius 2 is 2.17 bits per heavy atom. The molecule has 2 aromatic rings. The molecule has 5 nitrogen and oxygen atoms in total. The zero-order valence-corrected chi connectivity index (χ0v) is 10.8. The number of aromatic nitrogens is 3. The lowest BCUT2D eigenvalue weighted by Crippen LogP contribution is -2.04. The summed E-state index contributed by atoms with van der Waals surface area (Å²) in [5, 5.41) is 17.3. The Morgan fingerprint density at radius 1 is 1.44 bits per heavy atom. The summed E-state index contributed by atoms with van der Waals surface area (Å²) >= 11 is 6.05. The van der Waals surface area contributed by atoms with E-state index in [9.17, 15) is 4.79 Å². The summed E-state index contributed by atoms with van der Waals surface area (Å²) in [6.45, 7) is 3.67. The van der Waals surface area contributed by atoms with Crippen LogP contribution >= 0.6 is 11.6 Å². The lowest BCUT2D eigenvalue weighted by Gasteiger charge is -2.08. The van der Waals surface area contributed by atoms with Crippen LogP contribution in [0.3, 0.4) is 0 Å². The number of aliphatic carboxylic acids is 1. The molecular weight excluding hydrogens is 254 g/mol. The van der Waals surface area contributed by atoms with Gasteiger partial charge in [0.25, 0.3) is 0 Å². The maximum Gasteiger partial charge on any atom is 0.309 e. The van der Waals surface area contributed by atoms with E-state index in [0.717, 1.165) is 11.3 Å². The maximum absolute atomic E-state index is 10.7. The third-order valence-electron chi connectivity index (χ3n) is 2.78. The van der Waals surface area contributed by atoms with Crippen molar-refractivity contribution in [2.24, 2.45) is 0 Å². The van der Waals surface area contributed by atoms with Gasteiger partial charge in [-0.15, -0.1) is 5.10 Å². The molecule has 1 aromatic carbocycles. The molecule has 0 bridgehead atoms.